The Morgan fingerprint density at radius 1 is 0.902 bits per heavy atom. The molecule has 1 aromatic heterocycles. The van der Waals surface area contributed by atoms with Gasteiger partial charge < -0.3 is 14.2 Å². The number of likely N-dealkylation sites (N-methyl/N-ethyl adjacent to an activating group) is 1. The number of carbonyl (C=O) groups excluding carboxylic acids is 3. The molecule has 0 fully saturated rings. The van der Waals surface area contributed by atoms with Crippen molar-refractivity contribution in [2.45, 2.75) is 91.3 Å². The predicted octanol–water partition coefficient (Wildman–Crippen LogP) is 6.36. The third kappa shape index (κ3) is 11.8. The Kier molecular flexibility index (Phi) is 11.3. The molecule has 2 aromatic rings. The first kappa shape index (κ1) is 33.6. The molecule has 0 saturated heterocycles. The van der Waals surface area contributed by atoms with Crippen LogP contribution in [0.2, 0.25) is 0 Å². The van der Waals surface area contributed by atoms with Crippen molar-refractivity contribution in [1.29, 1.82) is 0 Å². The van der Waals surface area contributed by atoms with Crippen LogP contribution >= 0.6 is 0 Å². The maximum Gasteiger partial charge on any atom is 0.433 e. The van der Waals surface area contributed by atoms with Gasteiger partial charge in [-0.25, -0.2) is 14.4 Å². The van der Waals surface area contributed by atoms with Crippen LogP contribution in [-0.4, -0.2) is 52.7 Å². The summed E-state index contributed by atoms with van der Waals surface area (Å²) in [6.07, 6.45) is -5.43. The van der Waals surface area contributed by atoms with E-state index in [9.17, 15) is 27.6 Å². The smallest absolute Gasteiger partial charge is 0.433 e. The summed E-state index contributed by atoms with van der Waals surface area (Å²) in [5, 5.41) is 0. The molecule has 2 rings (SSSR count). The summed E-state index contributed by atoms with van der Waals surface area (Å²) in [4.78, 5) is 43.9. The molecule has 0 N–H and O–H groups in total. The summed E-state index contributed by atoms with van der Waals surface area (Å²) < 4.78 is 55.2. The average Bonchev–Trinajstić information content (AvgIpc) is 2.86. The SMILES string of the molecule is CN(C(=O)OC(C)(C)C)[C@@H](CC(C)(C)C)C(=O)O[C@H](CCc1ccc(C(F)(F)F)nc1)C(=O)OCc1ccccc1. The third-order valence-electron chi connectivity index (χ3n) is 5.78. The molecule has 8 nitrogen and oxygen atoms in total. The van der Waals surface area contributed by atoms with Crippen LogP contribution < -0.4 is 0 Å². The molecular weight excluding hydrogens is 541 g/mol. The molecule has 2 atom stereocenters. The van der Waals surface area contributed by atoms with Crippen molar-refractivity contribution in [2.75, 3.05) is 7.05 Å². The van der Waals surface area contributed by atoms with E-state index in [1.807, 2.05) is 26.8 Å². The van der Waals surface area contributed by atoms with E-state index in [2.05, 4.69) is 4.98 Å². The van der Waals surface area contributed by atoms with Crippen molar-refractivity contribution >= 4 is 18.0 Å². The average molecular weight is 581 g/mol. The molecule has 0 spiro atoms. The Labute approximate surface area is 239 Å². The maximum atomic E-state index is 13.5. The number of halogens is 3. The van der Waals surface area contributed by atoms with Gasteiger partial charge in [0.15, 0.2) is 6.10 Å². The Morgan fingerprint density at radius 3 is 2.05 bits per heavy atom. The van der Waals surface area contributed by atoms with Crippen molar-refractivity contribution in [1.82, 2.24) is 9.88 Å². The minimum absolute atomic E-state index is 0.0706. The van der Waals surface area contributed by atoms with Crippen LogP contribution in [0.3, 0.4) is 0 Å². The molecule has 0 aliphatic heterocycles. The number of ether oxygens (including phenoxy) is 3. The predicted molar refractivity (Wildman–Crippen MR) is 146 cm³/mol. The van der Waals surface area contributed by atoms with Crippen molar-refractivity contribution in [3.63, 3.8) is 0 Å². The lowest BCUT2D eigenvalue weighted by molar-refractivity contribution is -0.172. The molecule has 226 valence electrons. The molecule has 0 aliphatic rings. The fourth-order valence-electron chi connectivity index (χ4n) is 3.72. The number of pyridine rings is 1. The molecule has 0 bridgehead atoms. The summed E-state index contributed by atoms with van der Waals surface area (Å²) in [6, 6.07) is 9.91. The number of benzene rings is 1. The second kappa shape index (κ2) is 13.8. The Hall–Kier alpha value is -3.63. The van der Waals surface area contributed by atoms with Gasteiger partial charge in [-0.05, 0) is 62.6 Å². The van der Waals surface area contributed by atoms with Gasteiger partial charge in [0.2, 0.25) is 0 Å². The molecular formula is C30H39F3N2O6. The van der Waals surface area contributed by atoms with Gasteiger partial charge in [-0.15, -0.1) is 0 Å². The largest absolute Gasteiger partial charge is 0.458 e. The van der Waals surface area contributed by atoms with Crippen molar-refractivity contribution in [2.24, 2.45) is 5.41 Å². The number of hydrogen-bond acceptors (Lipinski definition) is 7. The highest BCUT2D eigenvalue weighted by molar-refractivity contribution is 5.84. The first-order valence-electron chi connectivity index (χ1n) is 13.2. The molecule has 41 heavy (non-hydrogen) atoms. The lowest BCUT2D eigenvalue weighted by Gasteiger charge is -2.33. The highest BCUT2D eigenvalue weighted by Crippen LogP contribution is 2.28. The van der Waals surface area contributed by atoms with Crippen LogP contribution in [0.25, 0.3) is 0 Å². The quantitative estimate of drug-likeness (QED) is 0.238. The molecule has 1 aromatic carbocycles. The second-order valence-electron chi connectivity index (χ2n) is 12.0. The number of esters is 2. The number of aromatic nitrogens is 1. The monoisotopic (exact) mass is 580 g/mol. The number of alkyl halides is 3. The zero-order valence-electron chi connectivity index (χ0n) is 24.6. The molecule has 11 heteroatoms. The first-order chi connectivity index (χ1) is 18.9. The van der Waals surface area contributed by atoms with Crippen molar-refractivity contribution in [3.8, 4) is 0 Å². The number of hydrogen-bond donors (Lipinski definition) is 0. The second-order valence-corrected chi connectivity index (χ2v) is 12.0. The van der Waals surface area contributed by atoms with E-state index in [0.29, 0.717) is 11.1 Å². The standard InChI is InChI=1S/C30H39F3N2O6/c1-28(2,3)17-22(35(7)27(38)41-29(4,5)6)25(36)40-23(26(37)39-19-21-11-9-8-10-12-21)15-13-20-14-16-24(34-18-20)30(31,32)33/h8-12,14,16,18,22-23H,13,15,17,19H2,1-7H3/t22-,23+/m0/s1. The van der Waals surface area contributed by atoms with Crippen LogP contribution in [0.1, 0.15) is 71.2 Å². The van der Waals surface area contributed by atoms with Gasteiger partial charge in [-0.2, -0.15) is 13.2 Å². The summed E-state index contributed by atoms with van der Waals surface area (Å²) in [6.45, 7) is 10.7. The number of nitrogens with zero attached hydrogens (tertiary/aromatic N) is 2. The minimum Gasteiger partial charge on any atom is -0.458 e. The third-order valence-corrected chi connectivity index (χ3v) is 5.78. The molecule has 0 radical (unpaired) electrons. The van der Waals surface area contributed by atoms with E-state index in [-0.39, 0.29) is 25.9 Å². The van der Waals surface area contributed by atoms with Gasteiger partial charge in [0.25, 0.3) is 0 Å². The number of rotatable bonds is 10. The van der Waals surface area contributed by atoms with Crippen LogP contribution in [0.4, 0.5) is 18.0 Å². The van der Waals surface area contributed by atoms with Crippen molar-refractivity contribution in [3.05, 3.63) is 65.5 Å². The van der Waals surface area contributed by atoms with Gasteiger partial charge in [0.05, 0.1) is 0 Å². The van der Waals surface area contributed by atoms with Crippen molar-refractivity contribution < 1.29 is 41.8 Å². The minimum atomic E-state index is -4.58. The summed E-state index contributed by atoms with van der Waals surface area (Å²) in [7, 11) is 1.42. The normalized spacial score (nSPS) is 13.6. The molecule has 0 saturated carbocycles. The van der Waals surface area contributed by atoms with E-state index in [1.165, 1.54) is 13.1 Å². The number of carbonyl (C=O) groups is 3. The number of aryl methyl sites for hydroxylation is 1. The van der Waals surface area contributed by atoms with Crippen LogP contribution in [0.15, 0.2) is 48.7 Å². The Bertz CT molecular complexity index is 1160. The summed E-state index contributed by atoms with van der Waals surface area (Å²) in [5.41, 5.74) is -1.13. The zero-order chi connectivity index (χ0) is 31.0. The highest BCUT2D eigenvalue weighted by atomic mass is 19.4. The van der Waals surface area contributed by atoms with E-state index in [1.54, 1.807) is 45.0 Å². The van der Waals surface area contributed by atoms with Gasteiger partial charge >= 0.3 is 24.2 Å². The lowest BCUT2D eigenvalue weighted by Crippen LogP contribution is -2.48. The fourth-order valence-corrected chi connectivity index (χ4v) is 3.72. The lowest BCUT2D eigenvalue weighted by atomic mass is 9.87. The number of amides is 1. The van der Waals surface area contributed by atoms with Gasteiger partial charge in [0, 0.05) is 13.2 Å². The Balaban J connectivity index is 2.26. The van der Waals surface area contributed by atoms with E-state index < -0.39 is 53.1 Å². The molecule has 1 heterocycles. The zero-order valence-corrected chi connectivity index (χ0v) is 24.6. The van der Waals surface area contributed by atoms with E-state index in [0.717, 1.165) is 17.2 Å². The molecule has 1 amide bonds. The van der Waals surface area contributed by atoms with E-state index >= 15 is 0 Å². The molecule has 0 aliphatic carbocycles. The Morgan fingerprint density at radius 2 is 1.54 bits per heavy atom. The highest BCUT2D eigenvalue weighted by Gasteiger charge is 2.37. The maximum absolute atomic E-state index is 13.5. The fraction of sp³-hybridized carbons (Fsp3) is 0.533. The molecule has 0 unspecified atom stereocenters. The van der Waals surface area contributed by atoms with Gasteiger partial charge in [-0.1, -0.05) is 57.2 Å². The first-order valence-corrected chi connectivity index (χ1v) is 13.2. The topological polar surface area (TPSA) is 95.0 Å². The van der Waals surface area contributed by atoms with E-state index in [4.69, 9.17) is 14.2 Å². The summed E-state index contributed by atoms with van der Waals surface area (Å²) >= 11 is 0. The van der Waals surface area contributed by atoms with Gasteiger partial charge in [-0.3, -0.25) is 9.88 Å². The van der Waals surface area contributed by atoms with Crippen LogP contribution in [0.5, 0.6) is 0 Å². The van der Waals surface area contributed by atoms with Gasteiger partial charge in [0.1, 0.15) is 23.9 Å². The summed E-state index contributed by atoms with van der Waals surface area (Å²) in [5.74, 6) is -1.66. The van der Waals surface area contributed by atoms with Crippen LogP contribution in [-0.2, 0) is 43.0 Å². The van der Waals surface area contributed by atoms with Crippen LogP contribution in [0, 0.1) is 5.41 Å².